The van der Waals surface area contributed by atoms with Crippen molar-refractivity contribution >= 4 is 21.6 Å². The van der Waals surface area contributed by atoms with Gasteiger partial charge < -0.3 is 0 Å². The Morgan fingerprint density at radius 1 is 1.04 bits per heavy atom. The molecule has 0 radical (unpaired) electrons. The van der Waals surface area contributed by atoms with E-state index in [4.69, 9.17) is 11.6 Å². The summed E-state index contributed by atoms with van der Waals surface area (Å²) in [6.07, 6.45) is 1.64. The number of sulfonamides is 1. The average Bonchev–Trinajstić information content (AvgIpc) is 2.59. The van der Waals surface area contributed by atoms with Crippen LogP contribution in [-0.4, -0.2) is 32.4 Å². The summed E-state index contributed by atoms with van der Waals surface area (Å²) in [5, 5.41) is 0.743. The molecule has 1 fully saturated rings. The lowest BCUT2D eigenvalue weighted by molar-refractivity contribution is 0.200. The Kier molecular flexibility index (Phi) is 5.79. The van der Waals surface area contributed by atoms with Crippen LogP contribution < -0.4 is 4.72 Å². The molecule has 0 unspecified atom stereocenters. The molecule has 4 nitrogen and oxygen atoms in total. The Balaban J connectivity index is 1.53. The lowest BCUT2D eigenvalue weighted by atomic mass is 10.1. The lowest BCUT2D eigenvalue weighted by Crippen LogP contribution is -2.44. The minimum atomic E-state index is -3.44. The van der Waals surface area contributed by atoms with Crippen molar-refractivity contribution in [3.8, 4) is 0 Å². The third-order valence-electron chi connectivity index (χ3n) is 4.56. The third kappa shape index (κ3) is 5.05. The fraction of sp³-hybridized carbons (Fsp3) is 0.368. The van der Waals surface area contributed by atoms with Gasteiger partial charge in [0.15, 0.2) is 0 Å². The van der Waals surface area contributed by atoms with E-state index in [-0.39, 0.29) is 6.04 Å². The fourth-order valence-electron chi connectivity index (χ4n) is 3.06. The topological polar surface area (TPSA) is 49.4 Å². The molecule has 1 aliphatic heterocycles. The van der Waals surface area contributed by atoms with E-state index in [0.717, 1.165) is 43.1 Å². The van der Waals surface area contributed by atoms with Gasteiger partial charge in [0, 0.05) is 30.7 Å². The van der Waals surface area contributed by atoms with Gasteiger partial charge in [0.05, 0.1) is 4.90 Å². The zero-order valence-corrected chi connectivity index (χ0v) is 15.9. The summed E-state index contributed by atoms with van der Waals surface area (Å²) in [5.74, 6) is 0. The van der Waals surface area contributed by atoms with Crippen molar-refractivity contribution in [2.45, 2.75) is 37.2 Å². The molecule has 25 heavy (non-hydrogen) atoms. The van der Waals surface area contributed by atoms with Gasteiger partial charge in [0.25, 0.3) is 0 Å². The number of nitrogens with one attached hydrogen (secondary N) is 1. The van der Waals surface area contributed by atoms with Crippen molar-refractivity contribution in [2.75, 3.05) is 13.1 Å². The fourth-order valence-corrected chi connectivity index (χ4v) is 4.49. The van der Waals surface area contributed by atoms with E-state index < -0.39 is 10.0 Å². The Morgan fingerprint density at radius 3 is 2.24 bits per heavy atom. The second-order valence-electron chi connectivity index (χ2n) is 6.61. The molecule has 0 saturated carbocycles. The number of piperidine rings is 1. The van der Waals surface area contributed by atoms with Gasteiger partial charge in [-0.05, 0) is 49.6 Å². The van der Waals surface area contributed by atoms with Gasteiger partial charge in [-0.25, -0.2) is 13.1 Å². The Hall–Kier alpha value is -1.40. The van der Waals surface area contributed by atoms with Crippen molar-refractivity contribution in [3.05, 3.63) is 64.7 Å². The molecule has 0 aromatic heterocycles. The minimum Gasteiger partial charge on any atom is -0.299 e. The SMILES string of the molecule is Cc1ccc(S(=O)(=O)NC2CCN(Cc3ccc(Cl)cc3)CC2)cc1. The Morgan fingerprint density at radius 2 is 1.64 bits per heavy atom. The summed E-state index contributed by atoms with van der Waals surface area (Å²) in [4.78, 5) is 2.68. The summed E-state index contributed by atoms with van der Waals surface area (Å²) in [6.45, 7) is 4.57. The standard InChI is InChI=1S/C19H23ClN2O2S/c1-15-2-8-19(9-3-15)25(23,24)21-18-10-12-22(13-11-18)14-16-4-6-17(20)7-5-16/h2-9,18,21H,10-14H2,1H3. The van der Waals surface area contributed by atoms with Crippen molar-refractivity contribution in [2.24, 2.45) is 0 Å². The molecule has 0 spiro atoms. The molecule has 2 aromatic rings. The van der Waals surface area contributed by atoms with Gasteiger partial charge in [-0.3, -0.25) is 4.90 Å². The number of aryl methyl sites for hydroxylation is 1. The molecule has 134 valence electrons. The molecule has 3 rings (SSSR count). The van der Waals surface area contributed by atoms with Crippen molar-refractivity contribution in [1.29, 1.82) is 0 Å². The summed E-state index contributed by atoms with van der Waals surface area (Å²) >= 11 is 5.92. The maximum atomic E-state index is 12.5. The molecule has 1 heterocycles. The predicted molar refractivity (Wildman–Crippen MR) is 101 cm³/mol. The van der Waals surface area contributed by atoms with E-state index in [0.29, 0.717) is 4.90 Å². The van der Waals surface area contributed by atoms with Crippen molar-refractivity contribution in [1.82, 2.24) is 9.62 Å². The first-order chi connectivity index (χ1) is 11.9. The summed E-state index contributed by atoms with van der Waals surface area (Å²) in [6, 6.07) is 14.8. The predicted octanol–water partition coefficient (Wildman–Crippen LogP) is 3.59. The first-order valence-corrected chi connectivity index (χ1v) is 10.3. The monoisotopic (exact) mass is 378 g/mol. The Labute approximate surface area is 154 Å². The van der Waals surface area contributed by atoms with Gasteiger partial charge in [0.1, 0.15) is 0 Å². The minimum absolute atomic E-state index is 0.00669. The van der Waals surface area contributed by atoms with Gasteiger partial charge in [-0.15, -0.1) is 0 Å². The molecule has 0 atom stereocenters. The number of rotatable bonds is 5. The second kappa shape index (κ2) is 7.87. The first kappa shape index (κ1) is 18.4. The number of hydrogen-bond acceptors (Lipinski definition) is 3. The smallest absolute Gasteiger partial charge is 0.240 e. The largest absolute Gasteiger partial charge is 0.299 e. The molecule has 1 aliphatic rings. The third-order valence-corrected chi connectivity index (χ3v) is 6.35. The van der Waals surface area contributed by atoms with Crippen LogP contribution in [0.25, 0.3) is 0 Å². The molecule has 6 heteroatoms. The zero-order valence-electron chi connectivity index (χ0n) is 14.3. The highest BCUT2D eigenvalue weighted by Gasteiger charge is 2.24. The van der Waals surface area contributed by atoms with E-state index in [9.17, 15) is 8.42 Å². The summed E-state index contributed by atoms with van der Waals surface area (Å²) in [5.41, 5.74) is 2.28. The number of nitrogens with zero attached hydrogens (tertiary/aromatic N) is 1. The van der Waals surface area contributed by atoms with Crippen LogP contribution in [0.2, 0.25) is 5.02 Å². The Bertz CT molecular complexity index is 796. The van der Waals surface area contributed by atoms with Crippen molar-refractivity contribution in [3.63, 3.8) is 0 Å². The molecular formula is C19H23ClN2O2S. The van der Waals surface area contributed by atoms with Crippen LogP contribution in [0, 0.1) is 6.92 Å². The van der Waals surface area contributed by atoms with Gasteiger partial charge in [-0.2, -0.15) is 0 Å². The molecule has 0 amide bonds. The maximum absolute atomic E-state index is 12.5. The molecule has 1 N–H and O–H groups in total. The maximum Gasteiger partial charge on any atom is 0.240 e. The lowest BCUT2D eigenvalue weighted by Gasteiger charge is -2.32. The molecular weight excluding hydrogens is 356 g/mol. The second-order valence-corrected chi connectivity index (χ2v) is 8.76. The van der Waals surface area contributed by atoms with E-state index in [2.05, 4.69) is 9.62 Å². The quantitative estimate of drug-likeness (QED) is 0.864. The zero-order chi connectivity index (χ0) is 17.9. The molecule has 0 bridgehead atoms. The van der Waals surface area contributed by atoms with Crippen LogP contribution in [0.15, 0.2) is 53.4 Å². The van der Waals surface area contributed by atoms with E-state index in [1.165, 1.54) is 5.56 Å². The number of likely N-dealkylation sites (tertiary alicyclic amines) is 1. The highest BCUT2D eigenvalue weighted by Crippen LogP contribution is 2.18. The van der Waals surface area contributed by atoms with E-state index >= 15 is 0 Å². The van der Waals surface area contributed by atoms with E-state index in [1.54, 1.807) is 12.1 Å². The van der Waals surface area contributed by atoms with E-state index in [1.807, 2.05) is 43.3 Å². The highest BCUT2D eigenvalue weighted by atomic mass is 35.5. The highest BCUT2D eigenvalue weighted by molar-refractivity contribution is 7.89. The van der Waals surface area contributed by atoms with Crippen LogP contribution in [0.4, 0.5) is 0 Å². The normalized spacial score (nSPS) is 16.9. The van der Waals surface area contributed by atoms with Crippen LogP contribution >= 0.6 is 11.6 Å². The molecule has 0 aliphatic carbocycles. The van der Waals surface area contributed by atoms with Crippen LogP contribution in [0.1, 0.15) is 24.0 Å². The van der Waals surface area contributed by atoms with Gasteiger partial charge in [0.2, 0.25) is 10.0 Å². The summed E-state index contributed by atoms with van der Waals surface area (Å²) < 4.78 is 27.8. The number of halogens is 1. The molecule has 1 saturated heterocycles. The van der Waals surface area contributed by atoms with Gasteiger partial charge in [-0.1, -0.05) is 41.4 Å². The van der Waals surface area contributed by atoms with Gasteiger partial charge >= 0.3 is 0 Å². The van der Waals surface area contributed by atoms with Crippen LogP contribution in [-0.2, 0) is 16.6 Å². The first-order valence-electron chi connectivity index (χ1n) is 8.48. The summed E-state index contributed by atoms with van der Waals surface area (Å²) in [7, 11) is -3.44. The number of hydrogen-bond donors (Lipinski definition) is 1. The van der Waals surface area contributed by atoms with Crippen LogP contribution in [0.3, 0.4) is 0 Å². The van der Waals surface area contributed by atoms with Crippen molar-refractivity contribution < 1.29 is 8.42 Å². The number of benzene rings is 2. The van der Waals surface area contributed by atoms with Crippen LogP contribution in [0.5, 0.6) is 0 Å². The average molecular weight is 379 g/mol. The molecule has 2 aromatic carbocycles.